The van der Waals surface area contributed by atoms with Crippen molar-refractivity contribution in [3.63, 3.8) is 0 Å². The van der Waals surface area contributed by atoms with Gasteiger partial charge in [0, 0.05) is 24.5 Å². The molecule has 1 aromatic rings. The first-order chi connectivity index (χ1) is 10.3. The van der Waals surface area contributed by atoms with Gasteiger partial charge >= 0.3 is 0 Å². The van der Waals surface area contributed by atoms with Gasteiger partial charge in [-0.2, -0.15) is 0 Å². The summed E-state index contributed by atoms with van der Waals surface area (Å²) in [5, 5.41) is 16.1. The van der Waals surface area contributed by atoms with E-state index in [1.165, 1.54) is 0 Å². The molecule has 0 aliphatic carbocycles. The number of para-hydroxylation sites is 1. The Balaban J connectivity index is 0.00000484. The zero-order chi connectivity index (χ0) is 16.6. The number of aliphatic hydroxyl groups is 1. The lowest BCUT2D eigenvalue weighted by molar-refractivity contribution is -0.124. The van der Waals surface area contributed by atoms with Crippen LogP contribution < -0.4 is 15.4 Å². The Bertz CT molecular complexity index is 449. The Kier molecular flexibility index (Phi) is 9.48. The standard InChI is InChI=1S/C17H28N2O3.H2O/c1-13(2)16(21)18-12-17(3,4)19-10-14(20)11-22-15-8-6-5-7-9-15;/h5-9,13-14,19-20H,10-12H2,1-4H3,(H,18,21);1H2. The average Bonchev–Trinajstić information content (AvgIpc) is 2.49. The summed E-state index contributed by atoms with van der Waals surface area (Å²) in [6, 6.07) is 9.40. The van der Waals surface area contributed by atoms with Crippen LogP contribution in [0.5, 0.6) is 5.75 Å². The summed E-state index contributed by atoms with van der Waals surface area (Å²) in [6.45, 7) is 8.83. The number of nitrogens with one attached hydrogen (secondary N) is 2. The van der Waals surface area contributed by atoms with Crippen LogP contribution in [0.2, 0.25) is 0 Å². The van der Waals surface area contributed by atoms with E-state index in [1.807, 2.05) is 58.0 Å². The molecule has 132 valence electrons. The molecule has 0 saturated carbocycles. The van der Waals surface area contributed by atoms with E-state index >= 15 is 0 Å². The van der Waals surface area contributed by atoms with E-state index in [0.717, 1.165) is 5.75 Å². The van der Waals surface area contributed by atoms with Crippen LogP contribution in [0.3, 0.4) is 0 Å². The Hall–Kier alpha value is -1.63. The third kappa shape index (κ3) is 9.18. The predicted molar refractivity (Wildman–Crippen MR) is 91.5 cm³/mol. The van der Waals surface area contributed by atoms with Gasteiger partial charge in [0.25, 0.3) is 0 Å². The van der Waals surface area contributed by atoms with Crippen molar-refractivity contribution in [3.8, 4) is 5.75 Å². The summed E-state index contributed by atoms with van der Waals surface area (Å²) >= 11 is 0. The maximum absolute atomic E-state index is 11.6. The Labute approximate surface area is 138 Å². The summed E-state index contributed by atoms with van der Waals surface area (Å²) in [4.78, 5) is 11.6. The molecule has 1 unspecified atom stereocenters. The monoisotopic (exact) mass is 326 g/mol. The molecule has 0 aliphatic rings. The number of carbonyl (C=O) groups excluding carboxylic acids is 1. The molecule has 23 heavy (non-hydrogen) atoms. The van der Waals surface area contributed by atoms with Crippen LogP contribution in [0.1, 0.15) is 27.7 Å². The van der Waals surface area contributed by atoms with Crippen LogP contribution in [0.15, 0.2) is 30.3 Å². The van der Waals surface area contributed by atoms with Gasteiger partial charge in [0.05, 0.1) is 0 Å². The van der Waals surface area contributed by atoms with Crippen molar-refractivity contribution >= 4 is 5.91 Å². The predicted octanol–water partition coefficient (Wildman–Crippen LogP) is 0.742. The summed E-state index contributed by atoms with van der Waals surface area (Å²) in [7, 11) is 0. The molecule has 6 nitrogen and oxygen atoms in total. The van der Waals surface area contributed by atoms with Gasteiger partial charge in [-0.25, -0.2) is 0 Å². The molecular weight excluding hydrogens is 296 g/mol. The minimum absolute atomic E-state index is 0. The van der Waals surface area contributed by atoms with E-state index in [-0.39, 0.29) is 29.4 Å². The van der Waals surface area contributed by atoms with Gasteiger partial charge in [0.2, 0.25) is 5.91 Å². The maximum Gasteiger partial charge on any atom is 0.222 e. The number of aliphatic hydroxyl groups excluding tert-OH is 1. The van der Waals surface area contributed by atoms with Gasteiger partial charge in [-0.3, -0.25) is 4.79 Å². The van der Waals surface area contributed by atoms with Gasteiger partial charge in [-0.05, 0) is 26.0 Å². The number of carbonyl (C=O) groups is 1. The van der Waals surface area contributed by atoms with Crippen LogP contribution in [-0.2, 0) is 4.79 Å². The zero-order valence-corrected chi connectivity index (χ0v) is 14.4. The van der Waals surface area contributed by atoms with Gasteiger partial charge in [-0.1, -0.05) is 32.0 Å². The Morgan fingerprint density at radius 1 is 1.26 bits per heavy atom. The van der Waals surface area contributed by atoms with E-state index in [9.17, 15) is 9.90 Å². The molecule has 1 atom stereocenters. The van der Waals surface area contributed by atoms with Gasteiger partial charge in [0.1, 0.15) is 18.5 Å². The molecule has 5 N–H and O–H groups in total. The van der Waals surface area contributed by atoms with Gasteiger partial charge in [0.15, 0.2) is 0 Å². The Morgan fingerprint density at radius 3 is 2.43 bits per heavy atom. The molecule has 1 amide bonds. The largest absolute Gasteiger partial charge is 0.491 e. The third-order valence-corrected chi connectivity index (χ3v) is 3.23. The van der Waals surface area contributed by atoms with Crippen molar-refractivity contribution < 1.29 is 20.1 Å². The fourth-order valence-electron chi connectivity index (χ4n) is 1.74. The highest BCUT2D eigenvalue weighted by atomic mass is 16.5. The lowest BCUT2D eigenvalue weighted by Crippen LogP contribution is -2.52. The summed E-state index contributed by atoms with van der Waals surface area (Å²) in [5.74, 6) is 0.744. The first-order valence-corrected chi connectivity index (χ1v) is 7.69. The van der Waals surface area contributed by atoms with Gasteiger partial charge in [-0.15, -0.1) is 0 Å². The minimum atomic E-state index is -0.611. The number of ether oxygens (including phenoxy) is 1. The molecule has 1 aromatic carbocycles. The van der Waals surface area contributed by atoms with Gasteiger partial charge < -0.3 is 26.0 Å². The van der Waals surface area contributed by atoms with Crippen LogP contribution in [0, 0.1) is 5.92 Å². The van der Waals surface area contributed by atoms with E-state index in [4.69, 9.17) is 4.74 Å². The van der Waals surface area contributed by atoms with Crippen LogP contribution in [0.4, 0.5) is 0 Å². The van der Waals surface area contributed by atoms with Crippen molar-refractivity contribution in [2.75, 3.05) is 19.7 Å². The number of amides is 1. The molecule has 0 fully saturated rings. The van der Waals surface area contributed by atoms with E-state index in [2.05, 4.69) is 10.6 Å². The smallest absolute Gasteiger partial charge is 0.222 e. The van der Waals surface area contributed by atoms with Crippen molar-refractivity contribution in [2.24, 2.45) is 5.92 Å². The minimum Gasteiger partial charge on any atom is -0.491 e. The molecule has 6 heteroatoms. The number of hydrogen-bond donors (Lipinski definition) is 3. The Morgan fingerprint density at radius 2 is 1.87 bits per heavy atom. The first kappa shape index (κ1) is 21.4. The van der Waals surface area contributed by atoms with E-state index < -0.39 is 6.10 Å². The lowest BCUT2D eigenvalue weighted by atomic mass is 10.0. The molecule has 1 rings (SSSR count). The van der Waals surface area contributed by atoms with E-state index in [1.54, 1.807) is 0 Å². The molecule has 0 heterocycles. The molecular formula is C17H30N2O4. The highest BCUT2D eigenvalue weighted by molar-refractivity contribution is 5.77. The number of β-amino-alcohol motifs (C(OH)–C–C–N with tert-alkyl or cyclic N) is 1. The lowest BCUT2D eigenvalue weighted by Gasteiger charge is -2.28. The fraction of sp³-hybridized carbons (Fsp3) is 0.588. The molecule has 0 aliphatic heterocycles. The van der Waals surface area contributed by atoms with Crippen molar-refractivity contribution in [1.82, 2.24) is 10.6 Å². The normalized spacial score (nSPS) is 12.4. The summed E-state index contributed by atoms with van der Waals surface area (Å²) in [5.41, 5.74) is -0.293. The zero-order valence-electron chi connectivity index (χ0n) is 14.4. The van der Waals surface area contributed by atoms with Crippen LogP contribution in [-0.4, -0.2) is 47.8 Å². The quantitative estimate of drug-likeness (QED) is 0.623. The SMILES string of the molecule is CC(C)C(=O)NCC(C)(C)NCC(O)COc1ccccc1.O. The summed E-state index contributed by atoms with van der Waals surface area (Å²) < 4.78 is 5.50. The van der Waals surface area contributed by atoms with Crippen LogP contribution in [0.25, 0.3) is 0 Å². The van der Waals surface area contributed by atoms with Crippen molar-refractivity contribution in [2.45, 2.75) is 39.3 Å². The van der Waals surface area contributed by atoms with Crippen molar-refractivity contribution in [1.29, 1.82) is 0 Å². The highest BCUT2D eigenvalue weighted by Gasteiger charge is 2.20. The molecule has 0 saturated heterocycles. The second kappa shape index (κ2) is 10.2. The fourth-order valence-corrected chi connectivity index (χ4v) is 1.74. The second-order valence-electron chi connectivity index (χ2n) is 6.42. The number of benzene rings is 1. The average molecular weight is 326 g/mol. The maximum atomic E-state index is 11.6. The molecule has 0 bridgehead atoms. The summed E-state index contributed by atoms with van der Waals surface area (Å²) in [6.07, 6.45) is -0.611. The molecule has 0 radical (unpaired) electrons. The number of rotatable bonds is 9. The third-order valence-electron chi connectivity index (χ3n) is 3.23. The highest BCUT2D eigenvalue weighted by Crippen LogP contribution is 2.08. The molecule has 0 aromatic heterocycles. The first-order valence-electron chi connectivity index (χ1n) is 7.69. The second-order valence-corrected chi connectivity index (χ2v) is 6.42. The molecule has 0 spiro atoms. The number of hydrogen-bond acceptors (Lipinski definition) is 4. The van der Waals surface area contributed by atoms with E-state index in [0.29, 0.717) is 13.1 Å². The van der Waals surface area contributed by atoms with Crippen LogP contribution >= 0.6 is 0 Å². The topological polar surface area (TPSA) is 102 Å². The van der Waals surface area contributed by atoms with Crippen molar-refractivity contribution in [3.05, 3.63) is 30.3 Å².